The van der Waals surface area contributed by atoms with Crippen LogP contribution in [0.15, 0.2) is 23.1 Å². The van der Waals surface area contributed by atoms with Crippen LogP contribution >= 0.6 is 0 Å². The van der Waals surface area contributed by atoms with Crippen LogP contribution in [0, 0.1) is 0 Å². The first kappa shape index (κ1) is 15.1. The van der Waals surface area contributed by atoms with Crippen molar-refractivity contribution < 1.29 is 22.6 Å². The highest BCUT2D eigenvalue weighted by Crippen LogP contribution is 2.31. The van der Waals surface area contributed by atoms with Crippen molar-refractivity contribution in [3.05, 3.63) is 18.2 Å². The molecule has 6 nitrogen and oxygen atoms in total. The van der Waals surface area contributed by atoms with E-state index < -0.39 is 10.0 Å². The van der Waals surface area contributed by atoms with Gasteiger partial charge in [-0.05, 0) is 19.1 Å². The third-order valence-corrected chi connectivity index (χ3v) is 5.08. The molecule has 0 N–H and O–H groups in total. The van der Waals surface area contributed by atoms with Crippen molar-refractivity contribution in [3.63, 3.8) is 0 Å². The van der Waals surface area contributed by atoms with E-state index in [0.717, 1.165) is 0 Å². The molecule has 2 rings (SSSR count). The average Bonchev–Trinajstić information content (AvgIpc) is 2.46. The van der Waals surface area contributed by atoms with Gasteiger partial charge < -0.3 is 14.2 Å². The molecular formula is C13H19NO5S. The number of benzene rings is 1. The van der Waals surface area contributed by atoms with E-state index in [1.165, 1.54) is 24.6 Å². The standard InChI is InChI=1S/C13H19NO5S/c1-10-9-14(6-7-19-10)20(15,16)13-8-11(17-2)4-5-12(13)18-3/h4-5,8,10H,6-7,9H2,1-3H3. The Balaban J connectivity index is 2.42. The predicted molar refractivity (Wildman–Crippen MR) is 73.7 cm³/mol. The molecule has 7 heteroatoms. The number of morpholine rings is 1. The summed E-state index contributed by atoms with van der Waals surface area (Å²) in [5, 5.41) is 0. The fourth-order valence-corrected chi connectivity index (χ4v) is 3.80. The maximum atomic E-state index is 12.7. The molecule has 0 bridgehead atoms. The molecule has 1 aromatic carbocycles. The monoisotopic (exact) mass is 301 g/mol. The molecule has 0 saturated carbocycles. The van der Waals surface area contributed by atoms with Gasteiger partial charge in [0.15, 0.2) is 0 Å². The normalized spacial score (nSPS) is 20.6. The zero-order chi connectivity index (χ0) is 14.8. The van der Waals surface area contributed by atoms with Crippen LogP contribution in [0.4, 0.5) is 0 Å². The van der Waals surface area contributed by atoms with E-state index in [0.29, 0.717) is 31.2 Å². The van der Waals surface area contributed by atoms with Crippen molar-refractivity contribution in [2.75, 3.05) is 33.9 Å². The Morgan fingerprint density at radius 2 is 2.05 bits per heavy atom. The molecule has 1 aliphatic rings. The highest BCUT2D eigenvalue weighted by molar-refractivity contribution is 7.89. The Hall–Kier alpha value is -1.31. The Morgan fingerprint density at radius 1 is 1.30 bits per heavy atom. The summed E-state index contributed by atoms with van der Waals surface area (Å²) in [7, 11) is -0.680. The maximum Gasteiger partial charge on any atom is 0.247 e. The summed E-state index contributed by atoms with van der Waals surface area (Å²) in [4.78, 5) is 0.119. The number of nitrogens with zero attached hydrogens (tertiary/aromatic N) is 1. The molecule has 1 atom stereocenters. The molecule has 0 aliphatic carbocycles. The highest BCUT2D eigenvalue weighted by Gasteiger charge is 2.31. The fraction of sp³-hybridized carbons (Fsp3) is 0.538. The fourth-order valence-electron chi connectivity index (χ4n) is 2.13. The number of rotatable bonds is 4. The quantitative estimate of drug-likeness (QED) is 0.833. The van der Waals surface area contributed by atoms with Crippen molar-refractivity contribution in [1.82, 2.24) is 4.31 Å². The number of sulfonamides is 1. The van der Waals surface area contributed by atoms with Gasteiger partial charge in [0.2, 0.25) is 10.0 Å². The predicted octanol–water partition coefficient (Wildman–Crippen LogP) is 1.11. The van der Waals surface area contributed by atoms with Crippen molar-refractivity contribution in [1.29, 1.82) is 0 Å². The SMILES string of the molecule is COc1ccc(OC)c(S(=O)(=O)N2CCOC(C)C2)c1. The second kappa shape index (κ2) is 5.99. The summed E-state index contributed by atoms with van der Waals surface area (Å²) in [5.41, 5.74) is 0. The van der Waals surface area contributed by atoms with E-state index in [1.807, 2.05) is 6.92 Å². The molecule has 1 heterocycles. The molecule has 112 valence electrons. The molecule has 20 heavy (non-hydrogen) atoms. The number of hydrogen-bond acceptors (Lipinski definition) is 5. The van der Waals surface area contributed by atoms with Crippen LogP contribution in [0.2, 0.25) is 0 Å². The number of methoxy groups -OCH3 is 2. The topological polar surface area (TPSA) is 65.1 Å². The summed E-state index contributed by atoms with van der Waals surface area (Å²) in [5.74, 6) is 0.788. The third-order valence-electron chi connectivity index (χ3n) is 3.19. The molecule has 1 unspecified atom stereocenters. The highest BCUT2D eigenvalue weighted by atomic mass is 32.2. The minimum Gasteiger partial charge on any atom is -0.497 e. The first-order chi connectivity index (χ1) is 9.48. The Bertz CT molecular complexity index is 572. The lowest BCUT2D eigenvalue weighted by Crippen LogP contribution is -2.44. The molecule has 0 radical (unpaired) electrons. The van der Waals surface area contributed by atoms with E-state index in [9.17, 15) is 8.42 Å². The van der Waals surface area contributed by atoms with Gasteiger partial charge in [0.05, 0.1) is 26.9 Å². The van der Waals surface area contributed by atoms with Crippen molar-refractivity contribution in [2.45, 2.75) is 17.9 Å². The van der Waals surface area contributed by atoms with Gasteiger partial charge in [0, 0.05) is 19.2 Å². The molecular weight excluding hydrogens is 282 g/mol. The molecule has 1 saturated heterocycles. The molecule has 1 aliphatic heterocycles. The number of hydrogen-bond donors (Lipinski definition) is 0. The minimum atomic E-state index is -3.62. The van der Waals surface area contributed by atoms with Crippen LogP contribution in [0.1, 0.15) is 6.92 Å². The van der Waals surface area contributed by atoms with Gasteiger partial charge >= 0.3 is 0 Å². The first-order valence-electron chi connectivity index (χ1n) is 6.33. The Morgan fingerprint density at radius 3 is 2.65 bits per heavy atom. The molecule has 1 fully saturated rings. The molecule has 0 spiro atoms. The molecule has 0 aromatic heterocycles. The van der Waals surface area contributed by atoms with Crippen LogP contribution in [0.3, 0.4) is 0 Å². The lowest BCUT2D eigenvalue weighted by Gasteiger charge is -2.30. The van der Waals surface area contributed by atoms with Crippen LogP contribution in [0.5, 0.6) is 11.5 Å². The van der Waals surface area contributed by atoms with Crippen molar-refractivity contribution >= 4 is 10.0 Å². The Kier molecular flexibility index (Phi) is 4.52. The van der Waals surface area contributed by atoms with E-state index in [1.54, 1.807) is 12.1 Å². The smallest absolute Gasteiger partial charge is 0.247 e. The van der Waals surface area contributed by atoms with Gasteiger partial charge in [-0.15, -0.1) is 0 Å². The van der Waals surface area contributed by atoms with E-state index in [-0.39, 0.29) is 11.0 Å². The van der Waals surface area contributed by atoms with Gasteiger partial charge in [0.1, 0.15) is 16.4 Å². The van der Waals surface area contributed by atoms with Gasteiger partial charge in [-0.3, -0.25) is 0 Å². The van der Waals surface area contributed by atoms with E-state index in [4.69, 9.17) is 14.2 Å². The van der Waals surface area contributed by atoms with Gasteiger partial charge in [-0.1, -0.05) is 0 Å². The van der Waals surface area contributed by atoms with Crippen LogP contribution < -0.4 is 9.47 Å². The average molecular weight is 301 g/mol. The van der Waals surface area contributed by atoms with E-state index >= 15 is 0 Å². The largest absolute Gasteiger partial charge is 0.497 e. The summed E-state index contributed by atoms with van der Waals surface area (Å²) < 4.78 is 42.5. The van der Waals surface area contributed by atoms with Crippen molar-refractivity contribution in [3.8, 4) is 11.5 Å². The zero-order valence-corrected chi connectivity index (χ0v) is 12.6. The zero-order valence-electron chi connectivity index (χ0n) is 11.8. The minimum absolute atomic E-state index is 0.116. The number of ether oxygens (including phenoxy) is 3. The van der Waals surface area contributed by atoms with Gasteiger partial charge in [-0.25, -0.2) is 8.42 Å². The van der Waals surface area contributed by atoms with Crippen LogP contribution in [-0.4, -0.2) is 52.7 Å². The lowest BCUT2D eigenvalue weighted by molar-refractivity contribution is 0.0101. The van der Waals surface area contributed by atoms with Crippen molar-refractivity contribution in [2.24, 2.45) is 0 Å². The van der Waals surface area contributed by atoms with Crippen LogP contribution in [0.25, 0.3) is 0 Å². The first-order valence-corrected chi connectivity index (χ1v) is 7.77. The van der Waals surface area contributed by atoms with E-state index in [2.05, 4.69) is 0 Å². The summed E-state index contributed by atoms with van der Waals surface area (Å²) in [6.45, 7) is 2.92. The second-order valence-corrected chi connectivity index (χ2v) is 6.47. The summed E-state index contributed by atoms with van der Waals surface area (Å²) in [6.07, 6.45) is -0.116. The maximum absolute atomic E-state index is 12.7. The summed E-state index contributed by atoms with van der Waals surface area (Å²) >= 11 is 0. The third kappa shape index (κ3) is 2.89. The van der Waals surface area contributed by atoms with Crippen LogP contribution in [-0.2, 0) is 14.8 Å². The molecule has 1 aromatic rings. The van der Waals surface area contributed by atoms with Gasteiger partial charge in [0.25, 0.3) is 0 Å². The summed E-state index contributed by atoms with van der Waals surface area (Å²) in [6, 6.07) is 4.74. The molecule has 0 amide bonds. The Labute approximate surface area is 119 Å². The van der Waals surface area contributed by atoms with Gasteiger partial charge in [-0.2, -0.15) is 4.31 Å². The lowest BCUT2D eigenvalue weighted by atomic mass is 10.3. The second-order valence-electron chi connectivity index (χ2n) is 4.56.